The van der Waals surface area contributed by atoms with Crippen LogP contribution < -0.4 is 10.1 Å². The van der Waals surface area contributed by atoms with E-state index in [0.717, 1.165) is 21.9 Å². The zero-order chi connectivity index (χ0) is 20.4. The normalized spacial score (nSPS) is 16.3. The third kappa shape index (κ3) is 4.17. The number of likely N-dealkylation sites (tertiary alicyclic amines) is 1. The maximum Gasteiger partial charge on any atom is 0.231 e. The van der Waals surface area contributed by atoms with E-state index in [1.807, 2.05) is 37.3 Å². The van der Waals surface area contributed by atoms with Gasteiger partial charge in [0.2, 0.25) is 11.8 Å². The monoisotopic (exact) mass is 411 g/mol. The zero-order valence-corrected chi connectivity index (χ0v) is 17.0. The molecule has 0 bridgehead atoms. The van der Waals surface area contributed by atoms with Crippen molar-refractivity contribution in [1.82, 2.24) is 9.88 Å². The van der Waals surface area contributed by atoms with Gasteiger partial charge >= 0.3 is 0 Å². The Kier molecular flexibility index (Phi) is 5.35. The van der Waals surface area contributed by atoms with Crippen LogP contribution in [0, 0.1) is 12.8 Å². The molecule has 150 valence electrons. The van der Waals surface area contributed by atoms with Gasteiger partial charge in [-0.2, -0.15) is 0 Å². The van der Waals surface area contributed by atoms with Gasteiger partial charge in [0.05, 0.1) is 31.5 Å². The summed E-state index contributed by atoms with van der Waals surface area (Å²) in [5.41, 5.74) is 1.79. The number of rotatable bonds is 6. The molecule has 2 aromatic heterocycles. The molecule has 1 aliphatic rings. The van der Waals surface area contributed by atoms with E-state index in [1.54, 1.807) is 24.3 Å². The number of thiazole rings is 1. The number of hydrogen-bond acceptors (Lipinski definition) is 6. The fraction of sp³-hybridized carbons (Fsp3) is 0.286. The third-order valence-corrected chi connectivity index (χ3v) is 5.79. The van der Waals surface area contributed by atoms with E-state index >= 15 is 0 Å². The number of amides is 2. The number of benzene rings is 1. The molecule has 1 saturated heterocycles. The van der Waals surface area contributed by atoms with Gasteiger partial charge in [-0.1, -0.05) is 0 Å². The number of methoxy groups -OCH3 is 1. The van der Waals surface area contributed by atoms with E-state index in [0.29, 0.717) is 24.0 Å². The van der Waals surface area contributed by atoms with Crippen LogP contribution >= 0.6 is 11.3 Å². The predicted molar refractivity (Wildman–Crippen MR) is 110 cm³/mol. The molecule has 1 N–H and O–H groups in total. The Bertz CT molecular complexity index is 1010. The highest BCUT2D eigenvalue weighted by molar-refractivity contribution is 7.16. The predicted octanol–water partition coefficient (Wildman–Crippen LogP) is 3.71. The summed E-state index contributed by atoms with van der Waals surface area (Å²) in [4.78, 5) is 32.2. The second-order valence-electron chi connectivity index (χ2n) is 6.90. The van der Waals surface area contributed by atoms with Crippen molar-refractivity contribution >= 4 is 28.3 Å². The van der Waals surface area contributed by atoms with Gasteiger partial charge in [-0.15, -0.1) is 11.3 Å². The number of carbonyl (C=O) groups excluding carboxylic acids is 2. The van der Waals surface area contributed by atoms with Crippen molar-refractivity contribution in [3.8, 4) is 17.0 Å². The number of ether oxygens (including phenoxy) is 1. The summed E-state index contributed by atoms with van der Waals surface area (Å²) in [6.07, 6.45) is 1.77. The van der Waals surface area contributed by atoms with Gasteiger partial charge in [0, 0.05) is 23.4 Å². The van der Waals surface area contributed by atoms with Crippen LogP contribution in [0.4, 0.5) is 5.13 Å². The van der Waals surface area contributed by atoms with Crippen molar-refractivity contribution in [2.24, 2.45) is 5.92 Å². The van der Waals surface area contributed by atoms with Crippen LogP contribution in [0.25, 0.3) is 11.3 Å². The van der Waals surface area contributed by atoms with Gasteiger partial charge in [0.1, 0.15) is 11.5 Å². The Morgan fingerprint density at radius 3 is 2.83 bits per heavy atom. The lowest BCUT2D eigenvalue weighted by atomic mass is 10.1. The number of anilines is 1. The number of carbonyl (C=O) groups is 2. The lowest BCUT2D eigenvalue weighted by molar-refractivity contribution is -0.128. The third-order valence-electron chi connectivity index (χ3n) is 4.90. The molecule has 0 aliphatic carbocycles. The van der Waals surface area contributed by atoms with Gasteiger partial charge < -0.3 is 19.4 Å². The second-order valence-corrected chi connectivity index (χ2v) is 8.10. The summed E-state index contributed by atoms with van der Waals surface area (Å²) in [5, 5.41) is 3.42. The Labute approximate surface area is 172 Å². The summed E-state index contributed by atoms with van der Waals surface area (Å²) in [6, 6.07) is 11.2. The van der Waals surface area contributed by atoms with Crippen molar-refractivity contribution in [2.75, 3.05) is 19.0 Å². The highest BCUT2D eigenvalue weighted by atomic mass is 32.1. The molecule has 8 heteroatoms. The summed E-state index contributed by atoms with van der Waals surface area (Å²) in [6.45, 7) is 2.73. The summed E-state index contributed by atoms with van der Waals surface area (Å²) < 4.78 is 10.5. The molecule has 29 heavy (non-hydrogen) atoms. The number of nitrogens with zero attached hydrogens (tertiary/aromatic N) is 2. The first-order valence-electron chi connectivity index (χ1n) is 9.26. The van der Waals surface area contributed by atoms with Crippen LogP contribution in [0.15, 0.2) is 47.1 Å². The first-order chi connectivity index (χ1) is 14.0. The van der Waals surface area contributed by atoms with E-state index in [1.165, 1.54) is 11.3 Å². The molecular weight excluding hydrogens is 390 g/mol. The van der Waals surface area contributed by atoms with E-state index in [-0.39, 0.29) is 18.2 Å². The van der Waals surface area contributed by atoms with Gasteiger partial charge in [0.15, 0.2) is 5.13 Å². The SMILES string of the molecule is COc1ccc(-c2nc(NC(=O)[C@@H]3CC(=O)N(Cc4ccco4)C3)sc2C)cc1. The fourth-order valence-corrected chi connectivity index (χ4v) is 4.20. The summed E-state index contributed by atoms with van der Waals surface area (Å²) >= 11 is 1.42. The maximum absolute atomic E-state index is 12.7. The molecular formula is C21H21N3O4S. The molecule has 1 aromatic carbocycles. The van der Waals surface area contributed by atoms with Crippen molar-refractivity contribution < 1.29 is 18.7 Å². The molecule has 1 aliphatic heterocycles. The molecule has 7 nitrogen and oxygen atoms in total. The van der Waals surface area contributed by atoms with Crippen LogP contribution in [-0.2, 0) is 16.1 Å². The summed E-state index contributed by atoms with van der Waals surface area (Å²) in [5.74, 6) is 0.858. The highest BCUT2D eigenvalue weighted by Crippen LogP contribution is 2.32. The number of aryl methyl sites for hydroxylation is 1. The average molecular weight is 411 g/mol. The van der Waals surface area contributed by atoms with E-state index in [4.69, 9.17) is 9.15 Å². The van der Waals surface area contributed by atoms with E-state index in [9.17, 15) is 9.59 Å². The molecule has 3 heterocycles. The lowest BCUT2D eigenvalue weighted by Crippen LogP contribution is -2.27. The van der Waals surface area contributed by atoms with Crippen LogP contribution in [0.3, 0.4) is 0 Å². The Morgan fingerprint density at radius 1 is 1.34 bits per heavy atom. The van der Waals surface area contributed by atoms with Gasteiger partial charge in [0.25, 0.3) is 0 Å². The Balaban J connectivity index is 1.41. The largest absolute Gasteiger partial charge is 0.497 e. The first kappa shape index (κ1) is 19.2. The zero-order valence-electron chi connectivity index (χ0n) is 16.2. The number of furan rings is 1. The molecule has 0 unspecified atom stereocenters. The lowest BCUT2D eigenvalue weighted by Gasteiger charge is -2.14. The molecule has 4 rings (SSSR count). The van der Waals surface area contributed by atoms with Gasteiger partial charge in [-0.25, -0.2) is 4.98 Å². The van der Waals surface area contributed by atoms with Crippen molar-refractivity contribution in [3.05, 3.63) is 53.3 Å². The topological polar surface area (TPSA) is 84.7 Å². The molecule has 0 spiro atoms. The molecule has 0 saturated carbocycles. The first-order valence-corrected chi connectivity index (χ1v) is 10.1. The maximum atomic E-state index is 12.7. The second kappa shape index (κ2) is 8.08. The van der Waals surface area contributed by atoms with Crippen LogP contribution in [-0.4, -0.2) is 35.4 Å². The Hall–Kier alpha value is -3.13. The minimum Gasteiger partial charge on any atom is -0.497 e. The van der Waals surface area contributed by atoms with Crippen molar-refractivity contribution in [2.45, 2.75) is 19.9 Å². The standard InChI is InChI=1S/C21H21N3O4S/c1-13-19(14-5-7-16(27-2)8-6-14)22-21(29-13)23-20(26)15-10-18(25)24(11-15)12-17-4-3-9-28-17/h3-9,15H,10-12H2,1-2H3,(H,22,23,26)/t15-/m1/s1. The summed E-state index contributed by atoms with van der Waals surface area (Å²) in [7, 11) is 1.63. The molecule has 0 radical (unpaired) electrons. The fourth-order valence-electron chi connectivity index (χ4n) is 3.37. The van der Waals surface area contributed by atoms with Crippen LogP contribution in [0.1, 0.15) is 17.1 Å². The number of hydrogen-bond donors (Lipinski definition) is 1. The average Bonchev–Trinajstić information content (AvgIpc) is 3.44. The highest BCUT2D eigenvalue weighted by Gasteiger charge is 2.35. The minimum atomic E-state index is -0.397. The van der Waals surface area contributed by atoms with Gasteiger partial charge in [-0.05, 0) is 43.3 Å². The smallest absolute Gasteiger partial charge is 0.231 e. The minimum absolute atomic E-state index is 0.0456. The van der Waals surface area contributed by atoms with Crippen LogP contribution in [0.5, 0.6) is 5.75 Å². The number of aromatic nitrogens is 1. The van der Waals surface area contributed by atoms with E-state index in [2.05, 4.69) is 10.3 Å². The van der Waals surface area contributed by atoms with Crippen molar-refractivity contribution in [3.63, 3.8) is 0 Å². The quantitative estimate of drug-likeness (QED) is 0.668. The number of nitrogens with one attached hydrogen (secondary N) is 1. The molecule has 2 amide bonds. The Morgan fingerprint density at radius 2 is 2.14 bits per heavy atom. The van der Waals surface area contributed by atoms with Crippen LogP contribution in [0.2, 0.25) is 0 Å². The molecule has 1 atom stereocenters. The van der Waals surface area contributed by atoms with Crippen molar-refractivity contribution in [1.29, 1.82) is 0 Å². The molecule has 3 aromatic rings. The van der Waals surface area contributed by atoms with E-state index < -0.39 is 5.92 Å². The molecule has 1 fully saturated rings. The van der Waals surface area contributed by atoms with Gasteiger partial charge in [-0.3, -0.25) is 9.59 Å².